The summed E-state index contributed by atoms with van der Waals surface area (Å²) >= 11 is 6.18. The molecule has 0 amide bonds. The molecule has 2 aromatic carbocycles. The third kappa shape index (κ3) is 2.52. The second kappa shape index (κ2) is 5.76. The van der Waals surface area contributed by atoms with Crippen molar-refractivity contribution >= 4 is 39.2 Å². The normalized spacial score (nSPS) is 14.7. The standard InChI is InChI=1S/C19H14ClNOS/c20-14-8-9-16-15(12-14)19(23-10-4-5-11-23)17(21-16)18(22)13-6-2-1-3-7-13/h1-12,21,23H. The Morgan fingerprint density at radius 1 is 1.00 bits per heavy atom. The quantitative estimate of drug-likeness (QED) is 0.482. The molecule has 1 aliphatic heterocycles. The van der Waals surface area contributed by atoms with Crippen LogP contribution in [0.4, 0.5) is 0 Å². The highest BCUT2D eigenvalue weighted by atomic mass is 35.5. The third-order valence-electron chi connectivity index (χ3n) is 3.86. The zero-order valence-electron chi connectivity index (χ0n) is 12.2. The van der Waals surface area contributed by atoms with Crippen LogP contribution in [-0.2, 0) is 0 Å². The number of fused-ring (bicyclic) bond motifs is 1. The van der Waals surface area contributed by atoms with Crippen molar-refractivity contribution < 1.29 is 4.79 Å². The van der Waals surface area contributed by atoms with Crippen LogP contribution < -0.4 is 0 Å². The smallest absolute Gasteiger partial charge is 0.210 e. The fourth-order valence-corrected chi connectivity index (χ4v) is 4.82. The minimum Gasteiger partial charge on any atom is -0.351 e. The summed E-state index contributed by atoms with van der Waals surface area (Å²) in [5, 5.41) is 6.01. The van der Waals surface area contributed by atoms with Crippen LogP contribution in [0.1, 0.15) is 16.1 Å². The van der Waals surface area contributed by atoms with Crippen LogP contribution in [0, 0.1) is 0 Å². The lowest BCUT2D eigenvalue weighted by Crippen LogP contribution is -2.03. The molecular weight excluding hydrogens is 326 g/mol. The molecule has 114 valence electrons. The molecule has 1 N–H and O–H groups in total. The number of hydrogen-bond acceptors (Lipinski definition) is 1. The highest BCUT2D eigenvalue weighted by Gasteiger charge is 2.22. The van der Waals surface area contributed by atoms with E-state index in [1.165, 1.54) is 0 Å². The van der Waals surface area contributed by atoms with Gasteiger partial charge in [-0.15, -0.1) is 0 Å². The Bertz CT molecular complexity index is 944. The number of carbonyl (C=O) groups excluding carboxylic acids is 1. The zero-order valence-corrected chi connectivity index (χ0v) is 13.8. The molecule has 4 rings (SSSR count). The molecule has 1 aliphatic rings. The predicted molar refractivity (Wildman–Crippen MR) is 98.7 cm³/mol. The number of thiol groups is 1. The van der Waals surface area contributed by atoms with E-state index in [-0.39, 0.29) is 5.78 Å². The first-order valence-electron chi connectivity index (χ1n) is 7.28. The Morgan fingerprint density at radius 3 is 2.48 bits per heavy atom. The number of rotatable bonds is 3. The van der Waals surface area contributed by atoms with Crippen molar-refractivity contribution in [2.45, 2.75) is 4.90 Å². The maximum Gasteiger partial charge on any atom is 0.210 e. The topological polar surface area (TPSA) is 32.9 Å². The van der Waals surface area contributed by atoms with Crippen LogP contribution in [0.5, 0.6) is 0 Å². The SMILES string of the molecule is O=C(c1ccccc1)c1[nH]c2ccc(Cl)cc2c1[SH]1C=CC=C1. The first kappa shape index (κ1) is 14.4. The number of benzene rings is 2. The average Bonchev–Trinajstić information content (AvgIpc) is 3.21. The summed E-state index contributed by atoms with van der Waals surface area (Å²) < 4.78 is 0. The average molecular weight is 340 g/mol. The lowest BCUT2D eigenvalue weighted by molar-refractivity contribution is 0.103. The number of ketones is 1. The summed E-state index contributed by atoms with van der Waals surface area (Å²) in [7, 11) is -0.631. The molecule has 0 atom stereocenters. The van der Waals surface area contributed by atoms with Gasteiger partial charge in [0.05, 0.1) is 0 Å². The number of aromatic amines is 1. The van der Waals surface area contributed by atoms with Gasteiger partial charge >= 0.3 is 0 Å². The molecule has 4 heteroatoms. The maximum atomic E-state index is 13.0. The molecule has 3 aromatic rings. The minimum atomic E-state index is -0.631. The highest BCUT2D eigenvalue weighted by molar-refractivity contribution is 8.22. The first-order chi connectivity index (χ1) is 11.2. The first-order valence-corrected chi connectivity index (χ1v) is 9.14. The van der Waals surface area contributed by atoms with Gasteiger partial charge in [-0.1, -0.05) is 54.1 Å². The van der Waals surface area contributed by atoms with Crippen LogP contribution in [-0.4, -0.2) is 10.8 Å². The number of aromatic nitrogens is 1. The molecule has 0 aliphatic carbocycles. The van der Waals surface area contributed by atoms with E-state index in [0.717, 1.165) is 15.8 Å². The molecule has 0 saturated carbocycles. The Kier molecular flexibility index (Phi) is 3.60. The molecule has 23 heavy (non-hydrogen) atoms. The van der Waals surface area contributed by atoms with Gasteiger partial charge in [0.25, 0.3) is 0 Å². The van der Waals surface area contributed by atoms with Crippen LogP contribution in [0.3, 0.4) is 0 Å². The summed E-state index contributed by atoms with van der Waals surface area (Å²) in [6.45, 7) is 0. The monoisotopic (exact) mass is 339 g/mol. The largest absolute Gasteiger partial charge is 0.351 e. The van der Waals surface area contributed by atoms with E-state index < -0.39 is 10.9 Å². The molecule has 0 bridgehead atoms. The van der Waals surface area contributed by atoms with E-state index in [0.29, 0.717) is 16.3 Å². The van der Waals surface area contributed by atoms with Crippen molar-refractivity contribution in [3.8, 4) is 0 Å². The zero-order chi connectivity index (χ0) is 15.8. The van der Waals surface area contributed by atoms with Gasteiger partial charge in [-0.25, -0.2) is 0 Å². The lowest BCUT2D eigenvalue weighted by atomic mass is 10.1. The second-order valence-corrected chi connectivity index (χ2v) is 7.62. The lowest BCUT2D eigenvalue weighted by Gasteiger charge is -2.12. The summed E-state index contributed by atoms with van der Waals surface area (Å²) in [5.74, 6) is 0.0177. The summed E-state index contributed by atoms with van der Waals surface area (Å²) in [6.07, 6.45) is 4.07. The molecule has 0 unspecified atom stereocenters. The van der Waals surface area contributed by atoms with Gasteiger partial charge in [-0.3, -0.25) is 4.79 Å². The van der Waals surface area contributed by atoms with Crippen LogP contribution >= 0.6 is 22.5 Å². The minimum absolute atomic E-state index is 0.0177. The number of allylic oxidation sites excluding steroid dienone is 2. The number of hydrogen-bond donors (Lipinski definition) is 2. The van der Waals surface area contributed by atoms with Gasteiger partial charge in [0, 0.05) is 26.4 Å². The van der Waals surface area contributed by atoms with E-state index in [4.69, 9.17) is 11.6 Å². The van der Waals surface area contributed by atoms with Gasteiger partial charge in [-0.2, -0.15) is 10.9 Å². The predicted octanol–water partition coefficient (Wildman–Crippen LogP) is 5.45. The van der Waals surface area contributed by atoms with Crippen molar-refractivity contribution in [2.24, 2.45) is 0 Å². The highest BCUT2D eigenvalue weighted by Crippen LogP contribution is 2.48. The van der Waals surface area contributed by atoms with Crippen molar-refractivity contribution in [3.05, 3.63) is 87.8 Å². The van der Waals surface area contributed by atoms with Crippen molar-refractivity contribution in [2.75, 3.05) is 0 Å². The van der Waals surface area contributed by atoms with Crippen LogP contribution in [0.2, 0.25) is 5.02 Å². The molecule has 0 saturated heterocycles. The molecule has 1 aromatic heterocycles. The van der Waals surface area contributed by atoms with Gasteiger partial charge in [0.15, 0.2) is 0 Å². The molecular formula is C19H14ClNOS. The van der Waals surface area contributed by atoms with E-state index in [1.807, 2.05) is 60.7 Å². The van der Waals surface area contributed by atoms with Crippen LogP contribution in [0.25, 0.3) is 10.9 Å². The second-order valence-electron chi connectivity index (χ2n) is 5.32. The van der Waals surface area contributed by atoms with Gasteiger partial charge in [0.2, 0.25) is 5.78 Å². The Morgan fingerprint density at radius 2 is 1.74 bits per heavy atom. The van der Waals surface area contributed by atoms with Gasteiger partial charge in [0.1, 0.15) is 5.69 Å². The molecule has 2 nitrogen and oxygen atoms in total. The fourth-order valence-electron chi connectivity index (χ4n) is 2.80. The summed E-state index contributed by atoms with van der Waals surface area (Å²) in [6, 6.07) is 15.1. The fraction of sp³-hybridized carbons (Fsp3) is 0. The summed E-state index contributed by atoms with van der Waals surface area (Å²) in [4.78, 5) is 17.3. The van der Waals surface area contributed by atoms with Crippen molar-refractivity contribution in [3.63, 3.8) is 0 Å². The molecule has 2 heterocycles. The number of carbonyl (C=O) groups is 1. The molecule has 0 spiro atoms. The van der Waals surface area contributed by atoms with E-state index in [2.05, 4.69) is 15.8 Å². The Balaban J connectivity index is 1.95. The Hall–Kier alpha value is -2.23. The van der Waals surface area contributed by atoms with E-state index in [9.17, 15) is 4.79 Å². The van der Waals surface area contributed by atoms with Crippen molar-refractivity contribution in [1.82, 2.24) is 4.98 Å². The maximum absolute atomic E-state index is 13.0. The van der Waals surface area contributed by atoms with E-state index >= 15 is 0 Å². The van der Waals surface area contributed by atoms with Gasteiger partial charge < -0.3 is 4.98 Å². The molecule has 0 radical (unpaired) electrons. The van der Waals surface area contributed by atoms with Crippen LogP contribution in [0.15, 0.2) is 76.4 Å². The van der Waals surface area contributed by atoms with Gasteiger partial charge in [-0.05, 0) is 29.0 Å². The number of halogens is 1. The molecule has 0 fully saturated rings. The third-order valence-corrected chi connectivity index (χ3v) is 6.06. The van der Waals surface area contributed by atoms with E-state index in [1.54, 1.807) is 0 Å². The van der Waals surface area contributed by atoms with Crippen molar-refractivity contribution in [1.29, 1.82) is 0 Å². The number of H-pyrrole nitrogens is 1. The number of nitrogens with one attached hydrogen (secondary N) is 1. The summed E-state index contributed by atoms with van der Waals surface area (Å²) in [5.41, 5.74) is 2.30. The Labute approximate surface area is 141 Å².